The number of methoxy groups -OCH3 is 1. The molecule has 2 aromatic carbocycles. The third kappa shape index (κ3) is 3.98. The molecule has 0 bridgehead atoms. The van der Waals surface area contributed by atoms with Crippen molar-refractivity contribution in [3.63, 3.8) is 0 Å². The molecule has 150 valence electrons. The fourth-order valence-corrected chi connectivity index (χ4v) is 4.26. The normalized spacial score (nSPS) is 15.1. The van der Waals surface area contributed by atoms with E-state index in [1.165, 1.54) is 0 Å². The van der Waals surface area contributed by atoms with E-state index in [1.807, 2.05) is 28.9 Å². The van der Waals surface area contributed by atoms with Crippen LogP contribution in [0.4, 0.5) is 11.5 Å². The number of carbonyl (C=O) groups excluding carboxylic acids is 1. The largest absolute Gasteiger partial charge is 0.497 e. The predicted molar refractivity (Wildman–Crippen MR) is 116 cm³/mol. The van der Waals surface area contributed by atoms with E-state index in [2.05, 4.69) is 19.2 Å². The van der Waals surface area contributed by atoms with Crippen LogP contribution in [-0.4, -0.2) is 22.7 Å². The van der Waals surface area contributed by atoms with Crippen molar-refractivity contribution in [3.05, 3.63) is 63.8 Å². The number of fused-ring (bicyclic) bond motifs is 1. The standard InChI is InChI=1S/C22H21Cl2N3O2/c1-22(2)11-18-20(19(28)12-22)21(25-15-9-13(23)8-14(24)10-15)26-27(18)16-4-6-17(29-3)7-5-16/h4-10H,11-12H2,1-3H3,(H,25,26). The molecule has 0 saturated heterocycles. The van der Waals surface area contributed by atoms with Crippen LogP contribution in [0.25, 0.3) is 5.69 Å². The summed E-state index contributed by atoms with van der Waals surface area (Å²) in [5.41, 5.74) is 2.93. The van der Waals surface area contributed by atoms with Gasteiger partial charge in [0.2, 0.25) is 0 Å². The van der Waals surface area contributed by atoms with Crippen LogP contribution in [-0.2, 0) is 6.42 Å². The van der Waals surface area contributed by atoms with Gasteiger partial charge < -0.3 is 10.1 Å². The summed E-state index contributed by atoms with van der Waals surface area (Å²) in [4.78, 5) is 13.0. The lowest BCUT2D eigenvalue weighted by Crippen LogP contribution is -2.28. The molecule has 0 amide bonds. The Kier molecular flexibility index (Phi) is 5.05. The molecule has 7 heteroatoms. The number of nitrogens with one attached hydrogen (secondary N) is 1. The molecule has 0 unspecified atom stereocenters. The average molecular weight is 430 g/mol. The highest BCUT2D eigenvalue weighted by Crippen LogP contribution is 2.40. The minimum absolute atomic E-state index is 0.0756. The fourth-order valence-electron chi connectivity index (χ4n) is 3.74. The van der Waals surface area contributed by atoms with Gasteiger partial charge in [0.05, 0.1) is 24.1 Å². The zero-order valence-corrected chi connectivity index (χ0v) is 17.9. The summed E-state index contributed by atoms with van der Waals surface area (Å²) in [6.45, 7) is 4.20. The first-order chi connectivity index (χ1) is 13.8. The second-order valence-corrected chi connectivity index (χ2v) is 8.88. The summed E-state index contributed by atoms with van der Waals surface area (Å²) in [6, 6.07) is 12.8. The zero-order chi connectivity index (χ0) is 20.8. The number of hydrogen-bond donors (Lipinski definition) is 1. The topological polar surface area (TPSA) is 56.1 Å². The number of ketones is 1. The van der Waals surface area contributed by atoms with Gasteiger partial charge in [0.1, 0.15) is 5.75 Å². The third-order valence-corrected chi connectivity index (χ3v) is 5.42. The summed E-state index contributed by atoms with van der Waals surface area (Å²) < 4.78 is 7.09. The van der Waals surface area contributed by atoms with Gasteiger partial charge in [0, 0.05) is 22.2 Å². The molecule has 0 spiro atoms. The number of halogens is 2. The molecular weight excluding hydrogens is 409 g/mol. The van der Waals surface area contributed by atoms with Gasteiger partial charge in [-0.1, -0.05) is 37.0 Å². The monoisotopic (exact) mass is 429 g/mol. The van der Waals surface area contributed by atoms with Crippen molar-refractivity contribution >= 4 is 40.5 Å². The van der Waals surface area contributed by atoms with Crippen molar-refractivity contribution < 1.29 is 9.53 Å². The Bertz CT molecular complexity index is 1070. The minimum Gasteiger partial charge on any atom is -0.497 e. The van der Waals surface area contributed by atoms with E-state index < -0.39 is 0 Å². The van der Waals surface area contributed by atoms with E-state index in [9.17, 15) is 4.79 Å². The Hall–Kier alpha value is -2.50. The van der Waals surface area contributed by atoms with Crippen LogP contribution >= 0.6 is 23.2 Å². The molecule has 0 fully saturated rings. The van der Waals surface area contributed by atoms with E-state index in [-0.39, 0.29) is 11.2 Å². The molecule has 1 heterocycles. The van der Waals surface area contributed by atoms with Gasteiger partial charge in [0.15, 0.2) is 11.6 Å². The predicted octanol–water partition coefficient (Wildman–Crippen LogP) is 6.09. The van der Waals surface area contributed by atoms with Crippen molar-refractivity contribution in [2.24, 2.45) is 5.41 Å². The molecule has 4 rings (SSSR count). The second kappa shape index (κ2) is 7.39. The van der Waals surface area contributed by atoms with Crippen molar-refractivity contribution in [2.45, 2.75) is 26.7 Å². The maximum Gasteiger partial charge on any atom is 0.169 e. The maximum absolute atomic E-state index is 13.0. The first-order valence-corrected chi connectivity index (χ1v) is 10.0. The zero-order valence-electron chi connectivity index (χ0n) is 16.4. The van der Waals surface area contributed by atoms with Gasteiger partial charge in [0.25, 0.3) is 0 Å². The van der Waals surface area contributed by atoms with E-state index in [0.29, 0.717) is 33.5 Å². The first kappa shape index (κ1) is 19.8. The average Bonchev–Trinajstić information content (AvgIpc) is 2.98. The Labute approximate surface area is 179 Å². The van der Waals surface area contributed by atoms with Gasteiger partial charge in [-0.15, -0.1) is 5.10 Å². The van der Waals surface area contributed by atoms with E-state index >= 15 is 0 Å². The smallest absolute Gasteiger partial charge is 0.169 e. The molecule has 0 atom stereocenters. The lowest BCUT2D eigenvalue weighted by molar-refractivity contribution is 0.0912. The number of ether oxygens (including phenoxy) is 1. The van der Waals surface area contributed by atoms with Crippen LogP contribution in [0.2, 0.25) is 10.0 Å². The maximum atomic E-state index is 13.0. The van der Waals surface area contributed by atoms with Crippen LogP contribution in [0.3, 0.4) is 0 Å². The summed E-state index contributed by atoms with van der Waals surface area (Å²) in [7, 11) is 1.63. The summed E-state index contributed by atoms with van der Waals surface area (Å²) in [6.07, 6.45) is 1.21. The van der Waals surface area contributed by atoms with E-state index in [1.54, 1.807) is 25.3 Å². The Morgan fingerprint density at radius 2 is 1.72 bits per heavy atom. The molecule has 29 heavy (non-hydrogen) atoms. The number of hydrogen-bond acceptors (Lipinski definition) is 4. The number of anilines is 2. The van der Waals surface area contributed by atoms with Gasteiger partial charge in [-0.25, -0.2) is 4.68 Å². The summed E-state index contributed by atoms with van der Waals surface area (Å²) >= 11 is 12.3. The first-order valence-electron chi connectivity index (χ1n) is 9.28. The number of rotatable bonds is 4. The van der Waals surface area contributed by atoms with E-state index in [0.717, 1.165) is 23.6 Å². The van der Waals surface area contributed by atoms with Gasteiger partial charge in [-0.05, 0) is 54.3 Å². The molecule has 1 N–H and O–H groups in total. The molecule has 1 aliphatic rings. The fraction of sp³-hybridized carbons (Fsp3) is 0.273. The molecule has 1 aromatic heterocycles. The number of benzene rings is 2. The van der Waals surface area contributed by atoms with Crippen LogP contribution in [0.1, 0.15) is 36.3 Å². The molecule has 0 saturated carbocycles. The lowest BCUT2D eigenvalue weighted by Gasteiger charge is -2.29. The third-order valence-electron chi connectivity index (χ3n) is 4.99. The number of nitrogens with zero attached hydrogens (tertiary/aromatic N) is 2. The highest BCUT2D eigenvalue weighted by Gasteiger charge is 2.37. The van der Waals surface area contributed by atoms with Crippen molar-refractivity contribution in [1.29, 1.82) is 0 Å². The SMILES string of the molecule is COc1ccc(-n2nc(Nc3cc(Cl)cc(Cl)c3)c3c2CC(C)(C)CC3=O)cc1. The minimum atomic E-state index is -0.134. The number of aromatic nitrogens is 2. The Balaban J connectivity index is 1.83. The molecule has 0 radical (unpaired) electrons. The van der Waals surface area contributed by atoms with Crippen molar-refractivity contribution in [1.82, 2.24) is 9.78 Å². The van der Waals surface area contributed by atoms with Crippen LogP contribution in [0.5, 0.6) is 5.75 Å². The van der Waals surface area contributed by atoms with E-state index in [4.69, 9.17) is 33.0 Å². The van der Waals surface area contributed by atoms with Crippen LogP contribution in [0.15, 0.2) is 42.5 Å². The number of Topliss-reactive ketones (excluding diaryl/α,β-unsaturated/α-hetero) is 1. The van der Waals surface area contributed by atoms with Gasteiger partial charge in [-0.2, -0.15) is 0 Å². The molecule has 1 aliphatic carbocycles. The lowest BCUT2D eigenvalue weighted by atomic mass is 9.76. The summed E-state index contributed by atoms with van der Waals surface area (Å²) in [5.74, 6) is 1.35. The van der Waals surface area contributed by atoms with Crippen molar-refractivity contribution in [2.75, 3.05) is 12.4 Å². The second-order valence-electron chi connectivity index (χ2n) is 8.00. The van der Waals surface area contributed by atoms with Crippen molar-refractivity contribution in [3.8, 4) is 11.4 Å². The van der Waals surface area contributed by atoms with Crippen LogP contribution in [0, 0.1) is 5.41 Å². The van der Waals surface area contributed by atoms with Crippen LogP contribution < -0.4 is 10.1 Å². The highest BCUT2D eigenvalue weighted by molar-refractivity contribution is 6.35. The Morgan fingerprint density at radius 3 is 2.34 bits per heavy atom. The quantitative estimate of drug-likeness (QED) is 0.545. The molecular formula is C22H21Cl2N3O2. The van der Waals surface area contributed by atoms with Gasteiger partial charge >= 0.3 is 0 Å². The highest BCUT2D eigenvalue weighted by atomic mass is 35.5. The number of carbonyl (C=O) groups is 1. The molecule has 5 nitrogen and oxygen atoms in total. The Morgan fingerprint density at radius 1 is 1.07 bits per heavy atom. The summed E-state index contributed by atoms with van der Waals surface area (Å²) in [5, 5.41) is 9.00. The van der Waals surface area contributed by atoms with Gasteiger partial charge in [-0.3, -0.25) is 4.79 Å². The molecule has 3 aromatic rings. The molecule has 0 aliphatic heterocycles.